The van der Waals surface area contributed by atoms with Crippen molar-refractivity contribution in [2.24, 2.45) is 5.73 Å². The molecule has 2 unspecified atom stereocenters. The topological polar surface area (TPSA) is 48.1 Å². The molecule has 0 spiro atoms. The van der Waals surface area contributed by atoms with Crippen molar-refractivity contribution in [2.45, 2.75) is 51.0 Å². The smallest absolute Gasteiger partial charge is 0.137 e. The summed E-state index contributed by atoms with van der Waals surface area (Å²) < 4.78 is 5.62. The minimum absolute atomic E-state index is 0.356. The number of rotatable bonds is 4. The second kappa shape index (κ2) is 6.01. The van der Waals surface area contributed by atoms with E-state index in [0.29, 0.717) is 12.0 Å². The predicted molar refractivity (Wildman–Crippen MR) is 69.2 cm³/mol. The summed E-state index contributed by atoms with van der Waals surface area (Å²) in [5.41, 5.74) is 7.31. The average molecular weight is 234 g/mol. The van der Waals surface area contributed by atoms with E-state index in [2.05, 4.69) is 18.0 Å². The van der Waals surface area contributed by atoms with Crippen LogP contribution in [0.5, 0.6) is 5.75 Å². The molecule has 1 aliphatic carbocycles. The van der Waals surface area contributed by atoms with E-state index in [4.69, 9.17) is 10.5 Å². The molecule has 94 valence electrons. The molecule has 1 fully saturated rings. The summed E-state index contributed by atoms with van der Waals surface area (Å²) in [5, 5.41) is 0. The fourth-order valence-electron chi connectivity index (χ4n) is 2.49. The fraction of sp³-hybridized carbons (Fsp3) is 0.643. The van der Waals surface area contributed by atoms with E-state index < -0.39 is 0 Å². The SMILES string of the molecule is CCCOc1cncc(C2CCCC(N)C2)c1. The first-order valence-corrected chi connectivity index (χ1v) is 6.63. The van der Waals surface area contributed by atoms with Crippen LogP contribution in [0.25, 0.3) is 0 Å². The van der Waals surface area contributed by atoms with Crippen LogP contribution in [0.2, 0.25) is 0 Å². The molecule has 1 aromatic rings. The summed E-state index contributed by atoms with van der Waals surface area (Å²) in [5.74, 6) is 1.46. The third kappa shape index (κ3) is 3.43. The van der Waals surface area contributed by atoms with E-state index in [9.17, 15) is 0 Å². The van der Waals surface area contributed by atoms with Gasteiger partial charge in [0.05, 0.1) is 12.8 Å². The molecule has 1 aromatic heterocycles. The molecule has 1 heterocycles. The van der Waals surface area contributed by atoms with Gasteiger partial charge in [0.25, 0.3) is 0 Å². The van der Waals surface area contributed by atoms with Gasteiger partial charge in [0.15, 0.2) is 0 Å². The molecule has 3 heteroatoms. The molecule has 2 N–H and O–H groups in total. The minimum Gasteiger partial charge on any atom is -0.492 e. The average Bonchev–Trinajstić information content (AvgIpc) is 2.37. The molecule has 2 rings (SSSR count). The van der Waals surface area contributed by atoms with E-state index in [1.165, 1.54) is 18.4 Å². The van der Waals surface area contributed by atoms with Crippen molar-refractivity contribution in [3.05, 3.63) is 24.0 Å². The fourth-order valence-corrected chi connectivity index (χ4v) is 2.49. The van der Waals surface area contributed by atoms with Crippen LogP contribution in [-0.4, -0.2) is 17.6 Å². The van der Waals surface area contributed by atoms with Crippen molar-refractivity contribution in [1.29, 1.82) is 0 Å². The third-order valence-electron chi connectivity index (χ3n) is 3.39. The van der Waals surface area contributed by atoms with Crippen LogP contribution in [-0.2, 0) is 0 Å². The highest BCUT2D eigenvalue weighted by atomic mass is 16.5. The maximum Gasteiger partial charge on any atom is 0.137 e. The Bertz CT molecular complexity index is 354. The van der Waals surface area contributed by atoms with Crippen molar-refractivity contribution < 1.29 is 4.74 Å². The van der Waals surface area contributed by atoms with Crippen molar-refractivity contribution in [3.63, 3.8) is 0 Å². The quantitative estimate of drug-likeness (QED) is 0.871. The number of hydrogen-bond acceptors (Lipinski definition) is 3. The van der Waals surface area contributed by atoms with Crippen molar-refractivity contribution in [1.82, 2.24) is 4.98 Å². The Morgan fingerprint density at radius 1 is 1.41 bits per heavy atom. The van der Waals surface area contributed by atoms with E-state index >= 15 is 0 Å². The van der Waals surface area contributed by atoms with Gasteiger partial charge in [-0.2, -0.15) is 0 Å². The molecular formula is C14H22N2O. The molecule has 17 heavy (non-hydrogen) atoms. The van der Waals surface area contributed by atoms with Gasteiger partial charge >= 0.3 is 0 Å². The predicted octanol–water partition coefficient (Wildman–Crippen LogP) is 2.86. The number of pyridine rings is 1. The highest BCUT2D eigenvalue weighted by Gasteiger charge is 2.21. The van der Waals surface area contributed by atoms with Crippen LogP contribution < -0.4 is 10.5 Å². The van der Waals surface area contributed by atoms with Crippen LogP contribution >= 0.6 is 0 Å². The number of hydrogen-bond donors (Lipinski definition) is 1. The van der Waals surface area contributed by atoms with Gasteiger partial charge in [0.1, 0.15) is 5.75 Å². The lowest BCUT2D eigenvalue weighted by Gasteiger charge is -2.26. The summed E-state index contributed by atoms with van der Waals surface area (Å²) >= 11 is 0. The zero-order valence-electron chi connectivity index (χ0n) is 10.6. The van der Waals surface area contributed by atoms with Gasteiger partial charge < -0.3 is 10.5 Å². The molecule has 2 atom stereocenters. The van der Waals surface area contributed by atoms with Gasteiger partial charge in [-0.25, -0.2) is 0 Å². The highest BCUT2D eigenvalue weighted by molar-refractivity contribution is 5.26. The number of aromatic nitrogens is 1. The van der Waals surface area contributed by atoms with Crippen LogP contribution in [0.1, 0.15) is 50.5 Å². The molecule has 0 amide bonds. The molecule has 0 bridgehead atoms. The standard InChI is InChI=1S/C14H22N2O/c1-2-6-17-14-8-12(9-16-10-14)11-4-3-5-13(15)7-11/h8-11,13H,2-7,15H2,1H3. The van der Waals surface area contributed by atoms with E-state index in [1.807, 2.05) is 6.20 Å². The van der Waals surface area contributed by atoms with E-state index in [0.717, 1.165) is 31.6 Å². The maximum atomic E-state index is 6.03. The molecule has 1 aliphatic rings. The molecule has 0 radical (unpaired) electrons. The molecule has 0 saturated heterocycles. The van der Waals surface area contributed by atoms with Crippen LogP contribution in [0, 0.1) is 0 Å². The Balaban J connectivity index is 2.04. The molecular weight excluding hydrogens is 212 g/mol. The van der Waals surface area contributed by atoms with Gasteiger partial charge in [-0.3, -0.25) is 4.98 Å². The Morgan fingerprint density at radius 3 is 3.06 bits per heavy atom. The Morgan fingerprint density at radius 2 is 2.29 bits per heavy atom. The zero-order valence-corrected chi connectivity index (χ0v) is 10.6. The summed E-state index contributed by atoms with van der Waals surface area (Å²) in [6.45, 7) is 2.87. The lowest BCUT2D eigenvalue weighted by atomic mass is 9.82. The first-order valence-electron chi connectivity index (χ1n) is 6.63. The van der Waals surface area contributed by atoms with E-state index in [1.54, 1.807) is 6.20 Å². The van der Waals surface area contributed by atoms with Gasteiger partial charge in [-0.15, -0.1) is 0 Å². The lowest BCUT2D eigenvalue weighted by molar-refractivity contribution is 0.314. The number of nitrogens with two attached hydrogens (primary N) is 1. The molecule has 1 saturated carbocycles. The van der Waals surface area contributed by atoms with Gasteiger partial charge in [0, 0.05) is 12.2 Å². The molecule has 0 aromatic carbocycles. The van der Waals surface area contributed by atoms with E-state index in [-0.39, 0.29) is 0 Å². The monoisotopic (exact) mass is 234 g/mol. The van der Waals surface area contributed by atoms with Crippen molar-refractivity contribution in [2.75, 3.05) is 6.61 Å². The zero-order chi connectivity index (χ0) is 12.1. The largest absolute Gasteiger partial charge is 0.492 e. The molecule has 0 aliphatic heterocycles. The second-order valence-corrected chi connectivity index (χ2v) is 4.93. The summed E-state index contributed by atoms with van der Waals surface area (Å²) in [6, 6.07) is 2.49. The normalized spacial score (nSPS) is 24.6. The third-order valence-corrected chi connectivity index (χ3v) is 3.39. The Kier molecular flexibility index (Phi) is 4.37. The summed E-state index contributed by atoms with van der Waals surface area (Å²) in [7, 11) is 0. The second-order valence-electron chi connectivity index (χ2n) is 4.93. The number of ether oxygens (including phenoxy) is 1. The first-order chi connectivity index (χ1) is 8.29. The Labute approximate surface area is 103 Å². The van der Waals surface area contributed by atoms with Crippen LogP contribution in [0.15, 0.2) is 18.5 Å². The van der Waals surface area contributed by atoms with Gasteiger partial charge in [-0.1, -0.05) is 13.3 Å². The number of nitrogens with zero attached hydrogens (tertiary/aromatic N) is 1. The summed E-state index contributed by atoms with van der Waals surface area (Å²) in [6.07, 6.45) is 9.48. The van der Waals surface area contributed by atoms with Crippen LogP contribution in [0.4, 0.5) is 0 Å². The summed E-state index contributed by atoms with van der Waals surface area (Å²) in [4.78, 5) is 4.27. The minimum atomic E-state index is 0.356. The first kappa shape index (κ1) is 12.4. The van der Waals surface area contributed by atoms with Crippen LogP contribution in [0.3, 0.4) is 0 Å². The van der Waals surface area contributed by atoms with Gasteiger partial charge in [-0.05, 0) is 43.2 Å². The highest BCUT2D eigenvalue weighted by Crippen LogP contribution is 2.32. The lowest BCUT2D eigenvalue weighted by Crippen LogP contribution is -2.26. The Hall–Kier alpha value is -1.09. The maximum absolute atomic E-state index is 6.03. The van der Waals surface area contributed by atoms with Crippen molar-refractivity contribution in [3.8, 4) is 5.75 Å². The molecule has 3 nitrogen and oxygen atoms in total. The van der Waals surface area contributed by atoms with Gasteiger partial charge in [0.2, 0.25) is 0 Å². The van der Waals surface area contributed by atoms with Crippen molar-refractivity contribution >= 4 is 0 Å².